The first-order valence-electron chi connectivity index (χ1n) is 4.68. The van der Waals surface area contributed by atoms with Crippen LogP contribution >= 0.6 is 27.3 Å². The van der Waals surface area contributed by atoms with Gasteiger partial charge in [-0.05, 0) is 46.6 Å². The molecule has 0 amide bonds. The molecular weight excluding hydrogens is 288 g/mol. The van der Waals surface area contributed by atoms with Crippen LogP contribution in [0.3, 0.4) is 0 Å². The topological polar surface area (TPSA) is 48.1 Å². The molecule has 0 unspecified atom stereocenters. The smallest absolute Gasteiger partial charge is 0.181 e. The molecule has 1 aromatic heterocycles. The summed E-state index contributed by atoms with van der Waals surface area (Å²) in [7, 11) is 1.67. The summed E-state index contributed by atoms with van der Waals surface area (Å²) in [6.45, 7) is 2.01. The van der Waals surface area contributed by atoms with Crippen LogP contribution in [0.4, 0.5) is 5.13 Å². The van der Waals surface area contributed by atoms with E-state index in [2.05, 4.69) is 20.9 Å². The Bertz CT molecular complexity index is 525. The number of aryl methyl sites for hydroxylation is 1. The van der Waals surface area contributed by atoms with E-state index in [1.807, 2.05) is 25.1 Å². The molecule has 1 aromatic carbocycles. The van der Waals surface area contributed by atoms with E-state index in [4.69, 9.17) is 10.5 Å². The van der Waals surface area contributed by atoms with Crippen LogP contribution in [0.25, 0.3) is 11.3 Å². The Morgan fingerprint density at radius 2 is 2.19 bits per heavy atom. The van der Waals surface area contributed by atoms with Gasteiger partial charge in [0.2, 0.25) is 0 Å². The maximum atomic E-state index is 5.66. The van der Waals surface area contributed by atoms with Crippen LogP contribution in [0.15, 0.2) is 22.0 Å². The van der Waals surface area contributed by atoms with Crippen molar-refractivity contribution in [1.29, 1.82) is 0 Å². The third kappa shape index (κ3) is 2.05. The van der Waals surface area contributed by atoms with E-state index in [9.17, 15) is 0 Å². The number of nitrogens with zero attached hydrogens (tertiary/aromatic N) is 1. The van der Waals surface area contributed by atoms with Crippen molar-refractivity contribution in [3.63, 3.8) is 0 Å². The number of ether oxygens (including phenoxy) is 1. The van der Waals surface area contributed by atoms with Gasteiger partial charge >= 0.3 is 0 Å². The van der Waals surface area contributed by atoms with Crippen LogP contribution in [0.5, 0.6) is 5.75 Å². The van der Waals surface area contributed by atoms with E-state index in [0.29, 0.717) is 5.13 Å². The Kier molecular flexibility index (Phi) is 3.16. The van der Waals surface area contributed by atoms with Crippen LogP contribution in [-0.4, -0.2) is 12.1 Å². The van der Waals surface area contributed by atoms with Crippen molar-refractivity contribution < 1.29 is 4.74 Å². The van der Waals surface area contributed by atoms with Crippen LogP contribution in [0.2, 0.25) is 0 Å². The van der Waals surface area contributed by atoms with E-state index >= 15 is 0 Å². The van der Waals surface area contributed by atoms with Crippen molar-refractivity contribution in [3.05, 3.63) is 27.5 Å². The zero-order chi connectivity index (χ0) is 11.7. The molecule has 0 aliphatic carbocycles. The highest BCUT2D eigenvalue weighted by Gasteiger charge is 2.10. The zero-order valence-electron chi connectivity index (χ0n) is 8.95. The highest BCUT2D eigenvalue weighted by molar-refractivity contribution is 9.11. The summed E-state index contributed by atoms with van der Waals surface area (Å²) in [6.07, 6.45) is 0. The number of nitrogens with two attached hydrogens (primary N) is 1. The van der Waals surface area contributed by atoms with Gasteiger partial charge in [0.15, 0.2) is 5.13 Å². The van der Waals surface area contributed by atoms with Crippen molar-refractivity contribution in [1.82, 2.24) is 4.98 Å². The molecule has 84 valence electrons. The summed E-state index contributed by atoms with van der Waals surface area (Å²) in [6, 6.07) is 5.95. The lowest BCUT2D eigenvalue weighted by atomic mass is 10.1. The number of aromatic nitrogens is 1. The van der Waals surface area contributed by atoms with Gasteiger partial charge in [-0.1, -0.05) is 11.3 Å². The van der Waals surface area contributed by atoms with Gasteiger partial charge in [-0.25, -0.2) is 4.98 Å². The lowest BCUT2D eigenvalue weighted by molar-refractivity contribution is 0.412. The lowest BCUT2D eigenvalue weighted by Crippen LogP contribution is -1.88. The Hall–Kier alpha value is -1.07. The summed E-state index contributed by atoms with van der Waals surface area (Å²) >= 11 is 4.89. The van der Waals surface area contributed by atoms with E-state index in [1.54, 1.807) is 7.11 Å². The van der Waals surface area contributed by atoms with Gasteiger partial charge in [0.05, 0.1) is 16.6 Å². The second kappa shape index (κ2) is 4.43. The predicted octanol–water partition coefficient (Wildman–Crippen LogP) is 3.47. The third-order valence-electron chi connectivity index (χ3n) is 2.27. The molecule has 0 atom stereocenters. The summed E-state index contributed by atoms with van der Waals surface area (Å²) in [5.41, 5.74) is 8.67. The van der Waals surface area contributed by atoms with Crippen molar-refractivity contribution in [3.8, 4) is 17.0 Å². The van der Waals surface area contributed by atoms with Crippen LogP contribution in [0.1, 0.15) is 5.56 Å². The Labute approximate surface area is 106 Å². The van der Waals surface area contributed by atoms with Crippen molar-refractivity contribution in [2.75, 3.05) is 12.8 Å². The highest BCUT2D eigenvalue weighted by Crippen LogP contribution is 2.35. The minimum absolute atomic E-state index is 0.565. The SMILES string of the molecule is COc1ccc(-c2nc(N)sc2Br)cc1C. The molecule has 0 aliphatic heterocycles. The molecular formula is C11H11BrN2OS. The standard InChI is InChI=1S/C11H11BrN2OS/c1-6-5-7(3-4-8(6)15-2)9-10(12)16-11(13)14-9/h3-5H,1-2H3,(H2,13,14). The van der Waals surface area contributed by atoms with Crippen LogP contribution in [0, 0.1) is 6.92 Å². The molecule has 3 nitrogen and oxygen atoms in total. The average Bonchev–Trinajstić information content (AvgIpc) is 2.58. The average molecular weight is 299 g/mol. The monoisotopic (exact) mass is 298 g/mol. The van der Waals surface area contributed by atoms with Crippen molar-refractivity contribution in [2.24, 2.45) is 0 Å². The number of thiazole rings is 1. The molecule has 2 N–H and O–H groups in total. The molecule has 0 spiro atoms. The van der Waals surface area contributed by atoms with Gasteiger partial charge in [0.1, 0.15) is 5.75 Å². The molecule has 1 heterocycles. The van der Waals surface area contributed by atoms with E-state index < -0.39 is 0 Å². The molecule has 0 radical (unpaired) electrons. The molecule has 2 aromatic rings. The van der Waals surface area contributed by atoms with Crippen molar-refractivity contribution in [2.45, 2.75) is 6.92 Å². The highest BCUT2D eigenvalue weighted by atomic mass is 79.9. The summed E-state index contributed by atoms with van der Waals surface area (Å²) in [4.78, 5) is 4.29. The van der Waals surface area contributed by atoms with Crippen LogP contribution in [-0.2, 0) is 0 Å². The summed E-state index contributed by atoms with van der Waals surface area (Å²) in [5, 5.41) is 0.565. The first-order chi connectivity index (χ1) is 7.61. The maximum Gasteiger partial charge on any atom is 0.181 e. The van der Waals surface area contributed by atoms with Crippen molar-refractivity contribution >= 4 is 32.4 Å². The maximum absolute atomic E-state index is 5.66. The molecule has 5 heteroatoms. The quantitative estimate of drug-likeness (QED) is 0.923. The van der Waals surface area contributed by atoms with E-state index in [0.717, 1.165) is 26.4 Å². The van der Waals surface area contributed by atoms with Gasteiger partial charge in [-0.3, -0.25) is 0 Å². The molecule has 0 aliphatic rings. The minimum atomic E-state index is 0.565. The first kappa shape index (κ1) is 11.4. The number of hydrogen-bond acceptors (Lipinski definition) is 4. The number of rotatable bonds is 2. The van der Waals surface area contributed by atoms with Gasteiger partial charge in [0, 0.05) is 5.56 Å². The van der Waals surface area contributed by atoms with E-state index in [-0.39, 0.29) is 0 Å². The number of benzene rings is 1. The molecule has 2 rings (SSSR count). The van der Waals surface area contributed by atoms with E-state index in [1.165, 1.54) is 11.3 Å². The third-order valence-corrected chi connectivity index (χ3v) is 3.80. The Morgan fingerprint density at radius 1 is 1.44 bits per heavy atom. The predicted molar refractivity (Wildman–Crippen MR) is 71.0 cm³/mol. The number of anilines is 1. The fourth-order valence-corrected chi connectivity index (χ4v) is 2.92. The normalized spacial score (nSPS) is 10.4. The molecule has 0 saturated carbocycles. The second-order valence-corrected chi connectivity index (χ2v) is 5.71. The summed E-state index contributed by atoms with van der Waals surface area (Å²) in [5.74, 6) is 0.878. The number of halogens is 1. The Balaban J connectivity index is 2.49. The van der Waals surface area contributed by atoms with Gasteiger partial charge in [0.25, 0.3) is 0 Å². The fraction of sp³-hybridized carbons (Fsp3) is 0.182. The zero-order valence-corrected chi connectivity index (χ0v) is 11.4. The fourth-order valence-electron chi connectivity index (χ4n) is 1.52. The lowest BCUT2D eigenvalue weighted by Gasteiger charge is -2.06. The number of hydrogen-bond donors (Lipinski definition) is 1. The number of methoxy groups -OCH3 is 1. The van der Waals surface area contributed by atoms with Gasteiger partial charge in [-0.2, -0.15) is 0 Å². The van der Waals surface area contributed by atoms with Crippen LogP contribution < -0.4 is 10.5 Å². The van der Waals surface area contributed by atoms with Gasteiger partial charge < -0.3 is 10.5 Å². The Morgan fingerprint density at radius 3 is 2.69 bits per heavy atom. The molecule has 16 heavy (non-hydrogen) atoms. The second-order valence-electron chi connectivity index (χ2n) is 3.36. The first-order valence-corrected chi connectivity index (χ1v) is 6.29. The molecule has 0 bridgehead atoms. The largest absolute Gasteiger partial charge is 0.496 e. The summed E-state index contributed by atoms with van der Waals surface area (Å²) < 4.78 is 6.17. The molecule has 0 saturated heterocycles. The van der Waals surface area contributed by atoms with Gasteiger partial charge in [-0.15, -0.1) is 0 Å². The molecule has 0 fully saturated rings. The number of nitrogen functional groups attached to an aromatic ring is 1. The minimum Gasteiger partial charge on any atom is -0.496 e.